The molecule has 0 atom stereocenters. The normalized spacial score (nSPS) is 13.8. The van der Waals surface area contributed by atoms with Gasteiger partial charge in [0.05, 0.1) is 5.69 Å². The van der Waals surface area contributed by atoms with Gasteiger partial charge in [-0.2, -0.15) is 0 Å². The Hall–Kier alpha value is -1.65. The van der Waals surface area contributed by atoms with Crippen LogP contribution < -0.4 is 0 Å². The van der Waals surface area contributed by atoms with E-state index in [1.807, 2.05) is 34.8 Å². The van der Waals surface area contributed by atoms with Gasteiger partial charge >= 0.3 is 0 Å². The molecule has 1 N–H and O–H groups in total. The molecule has 5 heteroatoms. The highest BCUT2D eigenvalue weighted by atomic mass is 35.5. The van der Waals surface area contributed by atoms with Crippen LogP contribution in [-0.2, 0) is 12.8 Å². The number of hydrogen-bond donors (Lipinski definition) is 1. The lowest BCUT2D eigenvalue weighted by atomic mass is 10.1. The molecule has 1 aliphatic carbocycles. The molecule has 4 rings (SSSR count). The maximum absolute atomic E-state index is 6.25. The van der Waals surface area contributed by atoms with Gasteiger partial charge in [-0.05, 0) is 25.3 Å². The quantitative estimate of drug-likeness (QED) is 0.683. The van der Waals surface area contributed by atoms with Crippen molar-refractivity contribution in [3.8, 4) is 11.3 Å². The zero-order valence-corrected chi connectivity index (χ0v) is 12.3. The van der Waals surface area contributed by atoms with Crippen molar-refractivity contribution in [3.63, 3.8) is 0 Å². The molecule has 0 radical (unpaired) electrons. The predicted molar refractivity (Wildman–Crippen MR) is 82.8 cm³/mol. The van der Waals surface area contributed by atoms with Crippen LogP contribution in [0, 0.1) is 4.64 Å². The van der Waals surface area contributed by atoms with Gasteiger partial charge in [0.2, 0.25) is 0 Å². The highest BCUT2D eigenvalue weighted by molar-refractivity contribution is 7.71. The lowest BCUT2D eigenvalue weighted by Gasteiger charge is -2.01. The fourth-order valence-electron chi connectivity index (χ4n) is 2.81. The Labute approximate surface area is 126 Å². The molecule has 100 valence electrons. The van der Waals surface area contributed by atoms with Crippen LogP contribution >= 0.6 is 23.8 Å². The summed E-state index contributed by atoms with van der Waals surface area (Å²) in [7, 11) is 0. The number of halogens is 1. The average Bonchev–Trinajstić information content (AvgIpc) is 3.06. The molecule has 0 aliphatic heterocycles. The minimum atomic E-state index is 0.720. The molecule has 0 spiro atoms. The number of aromatic amines is 1. The maximum atomic E-state index is 6.25. The molecule has 1 aromatic carbocycles. The summed E-state index contributed by atoms with van der Waals surface area (Å²) in [5, 5.41) is 4.04. The van der Waals surface area contributed by atoms with Crippen molar-refractivity contribution in [1.29, 1.82) is 0 Å². The third kappa shape index (κ3) is 1.72. The maximum Gasteiger partial charge on any atom is 0.155 e. The van der Waals surface area contributed by atoms with Crippen molar-refractivity contribution in [3.05, 3.63) is 51.3 Å². The molecule has 0 saturated heterocycles. The molecule has 1 aliphatic rings. The van der Waals surface area contributed by atoms with Crippen LogP contribution in [0.4, 0.5) is 0 Å². The van der Waals surface area contributed by atoms with Gasteiger partial charge in [-0.15, -0.1) is 0 Å². The summed E-state index contributed by atoms with van der Waals surface area (Å²) in [5.74, 6) is 0. The number of fused-ring (bicyclic) bond motifs is 2. The molecule has 3 aromatic rings. The van der Waals surface area contributed by atoms with Crippen LogP contribution in [0.5, 0.6) is 0 Å². The SMILES string of the molecule is S=c1c2c(nc3cc(-c4ccccc4Cl)[nH]n13)CCC2. The highest BCUT2D eigenvalue weighted by Gasteiger charge is 2.17. The number of aryl methyl sites for hydroxylation is 1. The molecule has 20 heavy (non-hydrogen) atoms. The Bertz CT molecular complexity index is 878. The van der Waals surface area contributed by atoms with Gasteiger partial charge in [-0.3, -0.25) is 5.10 Å². The molecule has 0 bridgehead atoms. The van der Waals surface area contributed by atoms with Crippen molar-refractivity contribution in [2.75, 3.05) is 0 Å². The van der Waals surface area contributed by atoms with Crippen LogP contribution in [0.3, 0.4) is 0 Å². The first kappa shape index (κ1) is 12.1. The monoisotopic (exact) mass is 301 g/mol. The van der Waals surface area contributed by atoms with Crippen molar-refractivity contribution in [1.82, 2.24) is 14.6 Å². The first-order valence-electron chi connectivity index (χ1n) is 6.62. The first-order chi connectivity index (χ1) is 9.74. The third-order valence-electron chi connectivity index (χ3n) is 3.80. The fourth-order valence-corrected chi connectivity index (χ4v) is 3.41. The number of H-pyrrole nitrogens is 1. The van der Waals surface area contributed by atoms with E-state index in [0.29, 0.717) is 0 Å². The van der Waals surface area contributed by atoms with Gasteiger partial charge in [-0.25, -0.2) is 9.50 Å². The van der Waals surface area contributed by atoms with Crippen LogP contribution in [0.15, 0.2) is 30.3 Å². The number of nitrogens with zero attached hydrogens (tertiary/aromatic N) is 2. The summed E-state index contributed by atoms with van der Waals surface area (Å²) < 4.78 is 2.74. The van der Waals surface area contributed by atoms with Crippen molar-refractivity contribution < 1.29 is 0 Å². The van der Waals surface area contributed by atoms with E-state index < -0.39 is 0 Å². The predicted octanol–water partition coefficient (Wildman–Crippen LogP) is 4.20. The standard InChI is InChI=1S/C15H12ClN3S/c16-11-6-2-1-4-9(11)13-8-14-17-12-7-3-5-10(12)15(20)19(14)18-13/h1-2,4,6,8,18H,3,5,7H2. The van der Waals surface area contributed by atoms with Crippen LogP contribution in [-0.4, -0.2) is 14.6 Å². The zero-order valence-electron chi connectivity index (χ0n) is 10.7. The van der Waals surface area contributed by atoms with Crippen molar-refractivity contribution >= 4 is 29.5 Å². The average molecular weight is 302 g/mol. The topological polar surface area (TPSA) is 33.1 Å². The van der Waals surface area contributed by atoms with E-state index in [0.717, 1.165) is 51.5 Å². The summed E-state index contributed by atoms with van der Waals surface area (Å²) in [6, 6.07) is 9.78. The number of rotatable bonds is 1. The van der Waals surface area contributed by atoms with Gasteiger partial charge in [0.25, 0.3) is 0 Å². The lowest BCUT2D eigenvalue weighted by Crippen LogP contribution is -1.99. The van der Waals surface area contributed by atoms with E-state index >= 15 is 0 Å². The Morgan fingerprint density at radius 3 is 2.95 bits per heavy atom. The second-order valence-electron chi connectivity index (χ2n) is 5.04. The third-order valence-corrected chi connectivity index (χ3v) is 4.56. The summed E-state index contributed by atoms with van der Waals surface area (Å²) in [5.41, 5.74) is 5.14. The van der Waals surface area contributed by atoms with Crippen molar-refractivity contribution in [2.24, 2.45) is 0 Å². The molecule has 0 fully saturated rings. The summed E-state index contributed by atoms with van der Waals surface area (Å²) in [4.78, 5) is 4.71. The van der Waals surface area contributed by atoms with Gasteiger partial charge in [-0.1, -0.05) is 42.0 Å². The molecule has 0 unspecified atom stereocenters. The Morgan fingerprint density at radius 1 is 1.25 bits per heavy atom. The largest absolute Gasteiger partial charge is 0.291 e. The van der Waals surface area contributed by atoms with E-state index in [9.17, 15) is 0 Å². The van der Waals surface area contributed by atoms with Crippen LogP contribution in [0.25, 0.3) is 16.9 Å². The van der Waals surface area contributed by atoms with E-state index in [1.54, 1.807) is 0 Å². The van der Waals surface area contributed by atoms with E-state index in [4.69, 9.17) is 28.8 Å². The minimum Gasteiger partial charge on any atom is -0.291 e. The van der Waals surface area contributed by atoms with Gasteiger partial charge in [0, 0.05) is 27.9 Å². The molecule has 2 heterocycles. The zero-order chi connectivity index (χ0) is 13.7. The van der Waals surface area contributed by atoms with Gasteiger partial charge in [0.1, 0.15) is 4.64 Å². The van der Waals surface area contributed by atoms with Crippen molar-refractivity contribution in [2.45, 2.75) is 19.3 Å². The fraction of sp³-hybridized carbons (Fsp3) is 0.200. The van der Waals surface area contributed by atoms with E-state index in [-0.39, 0.29) is 0 Å². The Morgan fingerprint density at radius 2 is 2.10 bits per heavy atom. The molecule has 3 nitrogen and oxygen atoms in total. The lowest BCUT2D eigenvalue weighted by molar-refractivity contribution is 0.896. The Kier molecular flexibility index (Phi) is 2.69. The number of aromatic nitrogens is 3. The summed E-state index contributed by atoms with van der Waals surface area (Å²) in [6.45, 7) is 0. The second-order valence-corrected chi connectivity index (χ2v) is 5.83. The minimum absolute atomic E-state index is 0.720. The number of hydrogen-bond acceptors (Lipinski definition) is 2. The van der Waals surface area contributed by atoms with Crippen LogP contribution in [0.1, 0.15) is 17.7 Å². The van der Waals surface area contributed by atoms with E-state index in [2.05, 4.69) is 5.10 Å². The van der Waals surface area contributed by atoms with Gasteiger partial charge in [0.15, 0.2) is 5.65 Å². The van der Waals surface area contributed by atoms with Crippen LogP contribution in [0.2, 0.25) is 5.02 Å². The molecular weight excluding hydrogens is 290 g/mol. The molecule has 0 saturated carbocycles. The number of nitrogens with one attached hydrogen (secondary N) is 1. The summed E-state index contributed by atoms with van der Waals surface area (Å²) in [6.07, 6.45) is 3.21. The molecule has 0 amide bonds. The first-order valence-corrected chi connectivity index (χ1v) is 7.41. The van der Waals surface area contributed by atoms with E-state index in [1.165, 1.54) is 5.56 Å². The Balaban J connectivity index is 1.99. The summed E-state index contributed by atoms with van der Waals surface area (Å²) >= 11 is 11.8. The smallest absolute Gasteiger partial charge is 0.155 e. The molecule has 2 aromatic heterocycles. The second kappa shape index (κ2) is 4.43. The molecular formula is C15H12ClN3S. The van der Waals surface area contributed by atoms with Gasteiger partial charge < -0.3 is 0 Å². The number of benzene rings is 1. The highest BCUT2D eigenvalue weighted by Crippen LogP contribution is 2.28.